The van der Waals surface area contributed by atoms with Gasteiger partial charge in [-0.15, -0.1) is 34.9 Å². The summed E-state index contributed by atoms with van der Waals surface area (Å²) in [5, 5.41) is 17.1. The van der Waals surface area contributed by atoms with Crippen molar-refractivity contribution in [3.63, 3.8) is 0 Å². The molecule has 0 fully saturated rings. The number of carbonyl (C=O) groups excluding carboxylic acids is 1. The van der Waals surface area contributed by atoms with Gasteiger partial charge in [-0.05, 0) is 55.4 Å². The fraction of sp³-hybridized carbons (Fsp3) is 0.366. The van der Waals surface area contributed by atoms with Gasteiger partial charge in [0.1, 0.15) is 5.76 Å². The van der Waals surface area contributed by atoms with Crippen LogP contribution in [0.15, 0.2) is 84.8 Å². The molecule has 1 N–H and O–H groups in total. The molecule has 1 aromatic heterocycles. The Hall–Kier alpha value is -3.33. The molecule has 0 unspecified atom stereocenters. The van der Waals surface area contributed by atoms with Crippen LogP contribution in [0.3, 0.4) is 0 Å². The molecule has 0 aliphatic rings. The maximum absolute atomic E-state index is 11.5. The normalized spacial score (nSPS) is 12.7. The van der Waals surface area contributed by atoms with Crippen LogP contribution in [0.1, 0.15) is 93.2 Å². The number of pyridine rings is 1. The Morgan fingerprint density at radius 3 is 1.93 bits per heavy atom. The van der Waals surface area contributed by atoms with Crippen molar-refractivity contribution in [1.82, 2.24) is 4.98 Å². The minimum Gasteiger partial charge on any atom is -0.512 e. The third kappa shape index (κ3) is 8.29. The van der Waals surface area contributed by atoms with Gasteiger partial charge in [0.05, 0.1) is 0 Å². The molecule has 0 aliphatic heterocycles. The molecule has 4 heteroatoms. The average Bonchev–Trinajstić information content (AvgIpc) is 2.95. The van der Waals surface area contributed by atoms with E-state index in [1.807, 2.05) is 47.7 Å². The smallest absolute Gasteiger partial charge is 0.164 e. The third-order valence-corrected chi connectivity index (χ3v) is 8.08. The first-order chi connectivity index (χ1) is 20.4. The Morgan fingerprint density at radius 1 is 0.756 bits per heavy atom. The number of aliphatic hydroxyl groups excluding tert-OH is 1. The summed E-state index contributed by atoms with van der Waals surface area (Å²) in [5.74, 6) is 0.524. The number of fused-ring (bicyclic) bond motifs is 5. The quantitative estimate of drug-likeness (QED) is 0.0859. The number of hydrogen-bond donors (Lipinski definition) is 1. The summed E-state index contributed by atoms with van der Waals surface area (Å²) < 4.78 is 0. The molecule has 0 bridgehead atoms. The van der Waals surface area contributed by atoms with Gasteiger partial charge in [0.2, 0.25) is 0 Å². The second-order valence-electron chi connectivity index (χ2n) is 15.2. The van der Waals surface area contributed by atoms with E-state index in [9.17, 15) is 9.90 Å². The van der Waals surface area contributed by atoms with E-state index < -0.39 is 5.41 Å². The van der Waals surface area contributed by atoms with E-state index in [1.54, 1.807) is 0 Å². The van der Waals surface area contributed by atoms with Crippen LogP contribution < -0.4 is 0 Å². The molecule has 45 heavy (non-hydrogen) atoms. The maximum Gasteiger partial charge on any atom is 0.164 e. The van der Waals surface area contributed by atoms with Crippen LogP contribution in [0.4, 0.5) is 0 Å². The fourth-order valence-corrected chi connectivity index (χ4v) is 4.99. The molecule has 0 amide bonds. The summed E-state index contributed by atoms with van der Waals surface area (Å²) in [7, 11) is 0. The van der Waals surface area contributed by atoms with Crippen molar-refractivity contribution >= 4 is 38.1 Å². The SMILES string of the molecule is CC(C)(C)C(=O)/C=C(\O)C(C)(C)C.CC(C)c1[c-]c(-c2nccc3c2ccc2c4ccccc4ccc32)cc(C(C)(C)C)c1.[Ir]. The molecular formula is C41H48IrNO2-. The standard InChI is InChI=1S/C30H28N.C11H20O2.Ir/c1-19(2)21-16-22(18-23(17-21)30(3,4)5)29-28-13-12-25-24-9-7-6-8-20(24)10-11-26(25)27(28)14-15-31-29;1-10(2,3)8(12)7-9(13)11(4,5)6;/h6-15,17-19H,1-5H3;7,12H,1-6H3;/q-1;;/b;8-7-;. The Bertz CT molecular complexity index is 1860. The van der Waals surface area contributed by atoms with Crippen molar-refractivity contribution in [2.75, 3.05) is 0 Å². The Kier molecular flexibility index (Phi) is 10.9. The van der Waals surface area contributed by atoms with Gasteiger partial charge >= 0.3 is 0 Å². The topological polar surface area (TPSA) is 50.2 Å². The molecule has 0 saturated heterocycles. The number of rotatable bonds is 3. The van der Waals surface area contributed by atoms with E-state index in [0.717, 1.165) is 11.3 Å². The van der Waals surface area contributed by atoms with Crippen molar-refractivity contribution in [2.45, 2.75) is 87.5 Å². The van der Waals surface area contributed by atoms with E-state index in [-0.39, 0.29) is 42.5 Å². The van der Waals surface area contributed by atoms with Crippen LogP contribution >= 0.6 is 0 Å². The van der Waals surface area contributed by atoms with Gasteiger partial charge in [-0.25, -0.2) is 0 Å². The van der Waals surface area contributed by atoms with Gasteiger partial charge in [0.15, 0.2) is 5.78 Å². The molecule has 0 spiro atoms. The number of benzene rings is 4. The van der Waals surface area contributed by atoms with Gasteiger partial charge in [-0.3, -0.25) is 4.79 Å². The van der Waals surface area contributed by atoms with Crippen molar-refractivity contribution in [3.8, 4) is 11.3 Å². The zero-order valence-corrected chi connectivity index (χ0v) is 31.1. The Labute approximate surface area is 283 Å². The van der Waals surface area contributed by atoms with E-state index in [4.69, 9.17) is 4.98 Å². The number of nitrogens with zero attached hydrogens (tertiary/aromatic N) is 1. The summed E-state index contributed by atoms with van der Waals surface area (Å²) in [6.07, 6.45) is 3.28. The molecule has 5 aromatic rings. The van der Waals surface area contributed by atoms with Crippen LogP contribution in [0.5, 0.6) is 0 Å². The molecule has 3 nitrogen and oxygen atoms in total. The minimum atomic E-state index is -0.417. The minimum absolute atomic E-state index is 0. The first kappa shape index (κ1) is 36.1. The molecule has 0 aliphatic carbocycles. The summed E-state index contributed by atoms with van der Waals surface area (Å²) in [4.78, 5) is 16.3. The van der Waals surface area contributed by atoms with Crippen LogP contribution in [0, 0.1) is 16.9 Å². The first-order valence-electron chi connectivity index (χ1n) is 15.6. The number of carbonyl (C=O) groups is 1. The summed E-state index contributed by atoms with van der Waals surface area (Å²) >= 11 is 0. The van der Waals surface area contributed by atoms with Crippen molar-refractivity contribution in [3.05, 3.63) is 102 Å². The maximum atomic E-state index is 11.5. The second kappa shape index (κ2) is 13.6. The first-order valence-corrected chi connectivity index (χ1v) is 15.6. The molecule has 5 rings (SSSR count). The van der Waals surface area contributed by atoms with Crippen LogP contribution in [0.2, 0.25) is 0 Å². The number of aliphatic hydroxyl groups is 1. The van der Waals surface area contributed by atoms with E-state index in [2.05, 4.69) is 107 Å². The number of hydrogen-bond acceptors (Lipinski definition) is 3. The van der Waals surface area contributed by atoms with E-state index in [0.29, 0.717) is 5.92 Å². The largest absolute Gasteiger partial charge is 0.512 e. The van der Waals surface area contributed by atoms with Crippen LogP contribution in [-0.4, -0.2) is 15.9 Å². The van der Waals surface area contributed by atoms with Crippen molar-refractivity contribution in [2.24, 2.45) is 10.8 Å². The molecule has 1 heterocycles. The molecule has 239 valence electrons. The Morgan fingerprint density at radius 2 is 1.33 bits per heavy atom. The van der Waals surface area contributed by atoms with Crippen molar-refractivity contribution < 1.29 is 30.0 Å². The van der Waals surface area contributed by atoms with Gasteiger partial charge in [-0.1, -0.05) is 125 Å². The summed E-state index contributed by atoms with van der Waals surface area (Å²) in [5.41, 5.74) is 3.98. The number of aromatic nitrogens is 1. The van der Waals surface area contributed by atoms with Crippen LogP contribution in [0.25, 0.3) is 43.6 Å². The van der Waals surface area contributed by atoms with Crippen LogP contribution in [-0.2, 0) is 30.3 Å². The van der Waals surface area contributed by atoms with E-state index in [1.165, 1.54) is 49.5 Å². The Balaban J connectivity index is 0.000000338. The zero-order chi connectivity index (χ0) is 32.6. The van der Waals surface area contributed by atoms with Gasteiger partial charge < -0.3 is 10.1 Å². The van der Waals surface area contributed by atoms with Gasteiger partial charge in [-0.2, -0.15) is 0 Å². The second-order valence-corrected chi connectivity index (χ2v) is 15.2. The molecule has 4 aromatic carbocycles. The summed E-state index contributed by atoms with van der Waals surface area (Å²) in [6, 6.07) is 28.0. The number of ketones is 1. The zero-order valence-electron chi connectivity index (χ0n) is 28.7. The van der Waals surface area contributed by atoms with Gasteiger partial charge in [0.25, 0.3) is 0 Å². The molecule has 1 radical (unpaired) electrons. The molecule has 0 saturated carbocycles. The fourth-order valence-electron chi connectivity index (χ4n) is 4.99. The monoisotopic (exact) mass is 779 g/mol. The predicted octanol–water partition coefficient (Wildman–Crippen LogP) is 11.5. The van der Waals surface area contributed by atoms with Crippen molar-refractivity contribution in [1.29, 1.82) is 0 Å². The predicted molar refractivity (Wildman–Crippen MR) is 188 cm³/mol. The van der Waals surface area contributed by atoms with Gasteiger partial charge in [0, 0.05) is 43.2 Å². The van der Waals surface area contributed by atoms with E-state index >= 15 is 0 Å². The average molecular weight is 779 g/mol. The molecular weight excluding hydrogens is 731 g/mol. The third-order valence-electron chi connectivity index (χ3n) is 8.08. The summed E-state index contributed by atoms with van der Waals surface area (Å²) in [6.45, 7) is 22.4. The molecule has 0 atom stereocenters. The number of allylic oxidation sites excluding steroid dienone is 2.